The van der Waals surface area contributed by atoms with Crippen molar-refractivity contribution >= 4 is 12.1 Å². The summed E-state index contributed by atoms with van der Waals surface area (Å²) in [6.07, 6.45) is 2.42. The van der Waals surface area contributed by atoms with Crippen molar-refractivity contribution in [1.29, 1.82) is 0 Å². The topological polar surface area (TPSA) is 84.7 Å². The number of ether oxygens (including phenoxy) is 1. The number of aromatic carboxylic acids is 1. The number of amides is 1. The number of imidazole rings is 1. The van der Waals surface area contributed by atoms with Crippen LogP contribution >= 0.6 is 0 Å². The molecule has 116 valence electrons. The summed E-state index contributed by atoms with van der Waals surface area (Å²) in [5.41, 5.74) is 0.902. The van der Waals surface area contributed by atoms with Crippen LogP contribution in [0, 0.1) is 0 Å². The van der Waals surface area contributed by atoms with E-state index in [0.29, 0.717) is 13.1 Å². The fourth-order valence-corrected chi connectivity index (χ4v) is 1.78. The smallest absolute Gasteiger partial charge is 0.409 e. The lowest BCUT2D eigenvalue weighted by atomic mass is 10.2. The van der Waals surface area contributed by atoms with Gasteiger partial charge in [-0.25, -0.2) is 14.6 Å². The summed E-state index contributed by atoms with van der Waals surface area (Å²) in [4.78, 5) is 27.7. The molecule has 1 N–H and O–H groups in total. The van der Waals surface area contributed by atoms with Gasteiger partial charge in [0.05, 0.1) is 6.33 Å². The van der Waals surface area contributed by atoms with Crippen molar-refractivity contribution in [3.63, 3.8) is 0 Å². The average molecular weight is 303 g/mol. The number of carboxylic acid groups (broad SMARTS) is 1. The van der Waals surface area contributed by atoms with Gasteiger partial charge in [-0.05, 0) is 5.56 Å². The highest BCUT2D eigenvalue weighted by Gasteiger charge is 2.11. The summed E-state index contributed by atoms with van der Waals surface area (Å²) in [5, 5.41) is 8.78. The van der Waals surface area contributed by atoms with Crippen LogP contribution in [0.5, 0.6) is 0 Å². The van der Waals surface area contributed by atoms with Gasteiger partial charge in [-0.15, -0.1) is 0 Å². The molecule has 0 aliphatic rings. The minimum Gasteiger partial charge on any atom is -0.476 e. The predicted octanol–water partition coefficient (Wildman–Crippen LogP) is 1.85. The third kappa shape index (κ3) is 4.34. The Bertz CT molecular complexity index is 639. The second-order valence-electron chi connectivity index (χ2n) is 4.76. The summed E-state index contributed by atoms with van der Waals surface area (Å²) >= 11 is 0. The molecule has 7 nitrogen and oxygen atoms in total. The van der Waals surface area contributed by atoms with E-state index in [4.69, 9.17) is 9.84 Å². The van der Waals surface area contributed by atoms with Crippen molar-refractivity contribution < 1.29 is 19.4 Å². The van der Waals surface area contributed by atoms with E-state index in [1.54, 1.807) is 11.6 Å². The van der Waals surface area contributed by atoms with Gasteiger partial charge in [0.2, 0.25) is 0 Å². The number of aromatic nitrogens is 2. The number of hydrogen-bond acceptors (Lipinski definition) is 4. The first-order valence-electron chi connectivity index (χ1n) is 6.73. The van der Waals surface area contributed by atoms with Crippen LogP contribution in [0.15, 0.2) is 42.9 Å². The van der Waals surface area contributed by atoms with Crippen LogP contribution in [0.3, 0.4) is 0 Å². The van der Waals surface area contributed by atoms with Crippen LogP contribution in [0.2, 0.25) is 0 Å². The minimum absolute atomic E-state index is 0.0192. The van der Waals surface area contributed by atoms with Gasteiger partial charge in [-0.2, -0.15) is 0 Å². The van der Waals surface area contributed by atoms with Gasteiger partial charge in [-0.1, -0.05) is 30.3 Å². The molecule has 1 aromatic heterocycles. The molecule has 0 saturated heterocycles. The number of carbonyl (C=O) groups excluding carboxylic acids is 1. The highest BCUT2D eigenvalue weighted by atomic mass is 16.6. The van der Waals surface area contributed by atoms with Gasteiger partial charge in [-0.3, -0.25) is 0 Å². The molecule has 0 saturated carbocycles. The highest BCUT2D eigenvalue weighted by Crippen LogP contribution is 2.03. The molecule has 0 aliphatic heterocycles. The first-order valence-corrected chi connectivity index (χ1v) is 6.73. The van der Waals surface area contributed by atoms with Crippen LogP contribution in [0.1, 0.15) is 16.1 Å². The van der Waals surface area contributed by atoms with Gasteiger partial charge < -0.3 is 19.3 Å². The number of carbonyl (C=O) groups is 2. The average Bonchev–Trinajstić information content (AvgIpc) is 3.00. The van der Waals surface area contributed by atoms with E-state index in [1.807, 2.05) is 30.3 Å². The van der Waals surface area contributed by atoms with E-state index in [9.17, 15) is 9.59 Å². The molecule has 1 heterocycles. The summed E-state index contributed by atoms with van der Waals surface area (Å²) in [7, 11) is 1.63. The fraction of sp³-hybridized carbons (Fsp3) is 0.267. The molecule has 0 spiro atoms. The number of likely N-dealkylation sites (N-methyl/N-ethyl adjacent to an activating group) is 1. The second-order valence-corrected chi connectivity index (χ2v) is 4.76. The molecule has 0 unspecified atom stereocenters. The summed E-state index contributed by atoms with van der Waals surface area (Å²) in [6, 6.07) is 9.42. The first-order chi connectivity index (χ1) is 10.6. The predicted molar refractivity (Wildman–Crippen MR) is 78.4 cm³/mol. The Morgan fingerprint density at radius 3 is 2.68 bits per heavy atom. The van der Waals surface area contributed by atoms with Gasteiger partial charge >= 0.3 is 12.1 Å². The van der Waals surface area contributed by atoms with Crippen molar-refractivity contribution in [3.05, 3.63) is 54.1 Å². The molecular formula is C15H17N3O4. The Labute approximate surface area is 127 Å². The van der Waals surface area contributed by atoms with Gasteiger partial charge in [0.25, 0.3) is 0 Å². The van der Waals surface area contributed by atoms with Crippen LogP contribution in [0.4, 0.5) is 4.79 Å². The van der Waals surface area contributed by atoms with E-state index >= 15 is 0 Å². The molecule has 2 rings (SSSR count). The maximum Gasteiger partial charge on any atom is 0.409 e. The molecule has 0 fully saturated rings. The molecular weight excluding hydrogens is 286 g/mol. The van der Waals surface area contributed by atoms with E-state index < -0.39 is 12.1 Å². The normalized spacial score (nSPS) is 10.2. The zero-order valence-corrected chi connectivity index (χ0v) is 12.2. The molecule has 0 radical (unpaired) electrons. The number of carboxylic acids is 1. The number of hydrogen-bond donors (Lipinski definition) is 1. The molecule has 0 bridgehead atoms. The van der Waals surface area contributed by atoms with Crippen LogP contribution in [0.25, 0.3) is 0 Å². The summed E-state index contributed by atoms with van der Waals surface area (Å²) in [6.45, 7) is 1.05. The highest BCUT2D eigenvalue weighted by molar-refractivity contribution is 5.84. The molecule has 1 aromatic carbocycles. The Hall–Kier alpha value is -2.83. The third-order valence-corrected chi connectivity index (χ3v) is 3.06. The number of nitrogens with zero attached hydrogens (tertiary/aromatic N) is 3. The summed E-state index contributed by atoms with van der Waals surface area (Å²) < 4.78 is 6.81. The van der Waals surface area contributed by atoms with Crippen molar-refractivity contribution in [2.24, 2.45) is 0 Å². The third-order valence-electron chi connectivity index (χ3n) is 3.06. The Morgan fingerprint density at radius 2 is 2.05 bits per heavy atom. The minimum atomic E-state index is -1.07. The SMILES string of the molecule is CN(CCn1cnc(C(=O)O)c1)C(=O)OCc1ccccc1. The van der Waals surface area contributed by atoms with E-state index in [1.165, 1.54) is 17.4 Å². The van der Waals surface area contributed by atoms with Crippen LogP contribution in [-0.2, 0) is 17.9 Å². The first kappa shape index (κ1) is 15.6. The van der Waals surface area contributed by atoms with Crippen molar-refractivity contribution in [2.75, 3.05) is 13.6 Å². The standard InChI is InChI=1S/C15H17N3O4/c1-17(7-8-18-9-13(14(19)20)16-11-18)15(21)22-10-12-5-3-2-4-6-12/h2-6,9,11H,7-8,10H2,1H3,(H,19,20). The number of rotatable bonds is 6. The molecule has 2 aromatic rings. The quantitative estimate of drug-likeness (QED) is 0.880. The van der Waals surface area contributed by atoms with Crippen molar-refractivity contribution in [1.82, 2.24) is 14.5 Å². The molecule has 0 atom stereocenters. The zero-order chi connectivity index (χ0) is 15.9. The lowest BCUT2D eigenvalue weighted by molar-refractivity contribution is 0.0690. The van der Waals surface area contributed by atoms with Crippen LogP contribution in [-0.4, -0.2) is 45.2 Å². The van der Waals surface area contributed by atoms with Gasteiger partial charge in [0, 0.05) is 26.3 Å². The molecule has 7 heteroatoms. The van der Waals surface area contributed by atoms with E-state index in [-0.39, 0.29) is 12.3 Å². The maximum absolute atomic E-state index is 11.8. The van der Waals surface area contributed by atoms with E-state index in [0.717, 1.165) is 5.56 Å². The van der Waals surface area contributed by atoms with Crippen molar-refractivity contribution in [2.45, 2.75) is 13.2 Å². The van der Waals surface area contributed by atoms with Gasteiger partial charge in [0.15, 0.2) is 5.69 Å². The second kappa shape index (κ2) is 7.26. The Balaban J connectivity index is 1.77. The van der Waals surface area contributed by atoms with Crippen LogP contribution < -0.4 is 0 Å². The Morgan fingerprint density at radius 1 is 1.32 bits per heavy atom. The summed E-state index contributed by atoms with van der Waals surface area (Å²) in [5.74, 6) is -1.07. The zero-order valence-electron chi connectivity index (χ0n) is 12.2. The Kier molecular flexibility index (Phi) is 5.13. The lowest BCUT2D eigenvalue weighted by Crippen LogP contribution is -2.30. The number of benzene rings is 1. The maximum atomic E-state index is 11.8. The largest absolute Gasteiger partial charge is 0.476 e. The molecule has 1 amide bonds. The van der Waals surface area contributed by atoms with Crippen molar-refractivity contribution in [3.8, 4) is 0 Å². The van der Waals surface area contributed by atoms with E-state index in [2.05, 4.69) is 4.98 Å². The molecule has 0 aliphatic carbocycles. The lowest BCUT2D eigenvalue weighted by Gasteiger charge is -2.17. The molecule has 22 heavy (non-hydrogen) atoms. The monoisotopic (exact) mass is 303 g/mol. The van der Waals surface area contributed by atoms with Gasteiger partial charge in [0.1, 0.15) is 6.61 Å². The fourth-order valence-electron chi connectivity index (χ4n) is 1.78.